The normalized spacial score (nSPS) is 15.3. The van der Waals surface area contributed by atoms with Gasteiger partial charge in [-0.25, -0.2) is 9.78 Å². The third-order valence-electron chi connectivity index (χ3n) is 4.27. The van der Waals surface area contributed by atoms with Gasteiger partial charge in [-0.3, -0.25) is 9.48 Å². The second-order valence-corrected chi connectivity index (χ2v) is 6.57. The maximum Gasteiger partial charge on any atom is 0.338 e. The van der Waals surface area contributed by atoms with Gasteiger partial charge in [-0.2, -0.15) is 5.10 Å². The summed E-state index contributed by atoms with van der Waals surface area (Å²) in [4.78, 5) is 29.7. The molecule has 0 aromatic carbocycles. The molecule has 8 nitrogen and oxygen atoms in total. The van der Waals surface area contributed by atoms with E-state index in [1.54, 1.807) is 34.0 Å². The number of pyridine rings is 1. The fraction of sp³-hybridized carbons (Fsp3) is 0.444. The zero-order chi connectivity index (χ0) is 18.7. The summed E-state index contributed by atoms with van der Waals surface area (Å²) in [5.74, 6) is -0.665. The average Bonchev–Trinajstić information content (AvgIpc) is 3.11. The first-order chi connectivity index (χ1) is 12.4. The Morgan fingerprint density at radius 2 is 2.00 bits per heavy atom. The number of carboxylic acid groups (broad SMARTS) is 1. The summed E-state index contributed by atoms with van der Waals surface area (Å²) >= 11 is 0. The van der Waals surface area contributed by atoms with E-state index in [1.165, 1.54) is 6.20 Å². The van der Waals surface area contributed by atoms with E-state index in [9.17, 15) is 9.59 Å². The minimum absolute atomic E-state index is 0.00615. The number of carbonyl (C=O) groups is 2. The van der Waals surface area contributed by atoms with Crippen LogP contribution in [0.1, 0.15) is 53.6 Å². The largest absolute Gasteiger partial charge is 0.478 e. The van der Waals surface area contributed by atoms with Gasteiger partial charge in [0.15, 0.2) is 0 Å². The Balaban J connectivity index is 1.62. The van der Waals surface area contributed by atoms with E-state index in [1.807, 2.05) is 13.8 Å². The monoisotopic (exact) mass is 358 g/mol. The van der Waals surface area contributed by atoms with Gasteiger partial charge in [0.1, 0.15) is 5.69 Å². The van der Waals surface area contributed by atoms with Crippen LogP contribution in [0.4, 0.5) is 0 Å². The minimum atomic E-state index is -0.988. The molecule has 1 N–H and O–H groups in total. The van der Waals surface area contributed by atoms with Crippen molar-refractivity contribution in [2.45, 2.75) is 38.8 Å². The zero-order valence-corrected chi connectivity index (χ0v) is 14.8. The number of ether oxygens (including phenoxy) is 1. The lowest BCUT2D eigenvalue weighted by Gasteiger charge is -2.32. The summed E-state index contributed by atoms with van der Waals surface area (Å²) in [5, 5.41) is 13.1. The van der Waals surface area contributed by atoms with E-state index in [0.717, 1.165) is 0 Å². The van der Waals surface area contributed by atoms with Gasteiger partial charge < -0.3 is 14.7 Å². The number of nitrogens with zero attached hydrogens (tertiary/aromatic N) is 4. The molecular weight excluding hydrogens is 336 g/mol. The molecule has 26 heavy (non-hydrogen) atoms. The SMILES string of the molecule is CC(C)Oc1cccc(C(=O)N2CCC(n3cc(C(=O)O)cn3)CC2)n1. The summed E-state index contributed by atoms with van der Waals surface area (Å²) in [5.41, 5.74) is 0.545. The average molecular weight is 358 g/mol. The van der Waals surface area contributed by atoms with Crippen LogP contribution in [0.15, 0.2) is 30.6 Å². The molecule has 0 unspecified atom stereocenters. The van der Waals surface area contributed by atoms with Crippen LogP contribution in [-0.2, 0) is 0 Å². The summed E-state index contributed by atoms with van der Waals surface area (Å²) < 4.78 is 7.23. The number of piperidine rings is 1. The molecule has 0 spiro atoms. The highest BCUT2D eigenvalue weighted by molar-refractivity contribution is 5.92. The van der Waals surface area contributed by atoms with Crippen molar-refractivity contribution < 1.29 is 19.4 Å². The number of aromatic carboxylic acids is 1. The highest BCUT2D eigenvalue weighted by Gasteiger charge is 2.26. The van der Waals surface area contributed by atoms with Gasteiger partial charge in [0.05, 0.1) is 23.9 Å². The Bertz CT molecular complexity index is 794. The Kier molecular flexibility index (Phi) is 5.20. The second kappa shape index (κ2) is 7.55. The molecular formula is C18H22N4O4. The van der Waals surface area contributed by atoms with E-state index in [4.69, 9.17) is 9.84 Å². The fourth-order valence-corrected chi connectivity index (χ4v) is 2.98. The molecule has 2 aromatic heterocycles. The Labute approximate surface area is 151 Å². The van der Waals surface area contributed by atoms with E-state index in [0.29, 0.717) is 37.5 Å². The fourth-order valence-electron chi connectivity index (χ4n) is 2.98. The van der Waals surface area contributed by atoms with E-state index in [-0.39, 0.29) is 23.6 Å². The molecule has 0 bridgehead atoms. The van der Waals surface area contributed by atoms with Crippen LogP contribution >= 0.6 is 0 Å². The number of amides is 1. The van der Waals surface area contributed by atoms with Gasteiger partial charge in [0.25, 0.3) is 5.91 Å². The van der Waals surface area contributed by atoms with Crippen molar-refractivity contribution in [1.82, 2.24) is 19.7 Å². The molecule has 0 saturated carbocycles. The van der Waals surface area contributed by atoms with Crippen LogP contribution in [0.25, 0.3) is 0 Å². The van der Waals surface area contributed by atoms with E-state index >= 15 is 0 Å². The molecule has 0 radical (unpaired) electrons. The number of hydrogen-bond donors (Lipinski definition) is 1. The standard InChI is InChI=1S/C18H22N4O4/c1-12(2)26-16-5-3-4-15(20-16)17(23)21-8-6-14(7-9-21)22-11-13(10-19-22)18(24)25/h3-5,10-12,14H,6-9H2,1-2H3,(H,24,25). The second-order valence-electron chi connectivity index (χ2n) is 6.57. The molecule has 1 aliphatic heterocycles. The number of carboxylic acids is 1. The van der Waals surface area contributed by atoms with Gasteiger partial charge in [-0.05, 0) is 32.8 Å². The van der Waals surface area contributed by atoms with Gasteiger partial charge in [0, 0.05) is 25.4 Å². The van der Waals surface area contributed by atoms with Crippen molar-refractivity contribution in [3.05, 3.63) is 41.9 Å². The molecule has 2 aromatic rings. The molecule has 1 aliphatic rings. The third-order valence-corrected chi connectivity index (χ3v) is 4.27. The minimum Gasteiger partial charge on any atom is -0.478 e. The van der Waals surface area contributed by atoms with Crippen molar-refractivity contribution in [1.29, 1.82) is 0 Å². The van der Waals surface area contributed by atoms with Crippen LogP contribution in [0.5, 0.6) is 5.88 Å². The number of likely N-dealkylation sites (tertiary alicyclic amines) is 1. The Hall–Kier alpha value is -2.90. The Morgan fingerprint density at radius 3 is 2.62 bits per heavy atom. The van der Waals surface area contributed by atoms with Crippen LogP contribution in [0, 0.1) is 0 Å². The highest BCUT2D eigenvalue weighted by Crippen LogP contribution is 2.23. The maximum atomic E-state index is 12.7. The summed E-state index contributed by atoms with van der Waals surface area (Å²) in [6.07, 6.45) is 4.32. The lowest BCUT2D eigenvalue weighted by Crippen LogP contribution is -2.39. The molecule has 3 heterocycles. The van der Waals surface area contributed by atoms with Crippen molar-refractivity contribution in [2.24, 2.45) is 0 Å². The predicted octanol–water partition coefficient (Wildman–Crippen LogP) is 2.24. The lowest BCUT2D eigenvalue weighted by atomic mass is 10.0. The quantitative estimate of drug-likeness (QED) is 0.880. The topological polar surface area (TPSA) is 97.5 Å². The van der Waals surface area contributed by atoms with Crippen LogP contribution in [-0.4, -0.2) is 55.8 Å². The molecule has 1 fully saturated rings. The lowest BCUT2D eigenvalue weighted by molar-refractivity contribution is 0.0681. The molecule has 3 rings (SSSR count). The van der Waals surface area contributed by atoms with Gasteiger partial charge in [-0.1, -0.05) is 6.07 Å². The van der Waals surface area contributed by atoms with Crippen LogP contribution in [0.3, 0.4) is 0 Å². The van der Waals surface area contributed by atoms with Gasteiger partial charge in [-0.15, -0.1) is 0 Å². The van der Waals surface area contributed by atoms with Crippen molar-refractivity contribution >= 4 is 11.9 Å². The number of carbonyl (C=O) groups excluding carboxylic acids is 1. The van der Waals surface area contributed by atoms with Gasteiger partial charge >= 0.3 is 5.97 Å². The number of hydrogen-bond acceptors (Lipinski definition) is 5. The molecule has 1 amide bonds. The molecule has 138 valence electrons. The first-order valence-electron chi connectivity index (χ1n) is 8.64. The molecule has 1 saturated heterocycles. The third kappa shape index (κ3) is 4.01. The van der Waals surface area contributed by atoms with Gasteiger partial charge in [0.2, 0.25) is 5.88 Å². The number of aromatic nitrogens is 3. The van der Waals surface area contributed by atoms with Crippen molar-refractivity contribution in [2.75, 3.05) is 13.1 Å². The van der Waals surface area contributed by atoms with Crippen LogP contribution in [0.2, 0.25) is 0 Å². The zero-order valence-electron chi connectivity index (χ0n) is 14.8. The molecule has 8 heteroatoms. The first-order valence-corrected chi connectivity index (χ1v) is 8.64. The molecule has 0 aliphatic carbocycles. The molecule has 0 atom stereocenters. The first kappa shape index (κ1) is 17.9. The Morgan fingerprint density at radius 1 is 1.27 bits per heavy atom. The summed E-state index contributed by atoms with van der Waals surface area (Å²) in [7, 11) is 0. The predicted molar refractivity (Wildman–Crippen MR) is 93.4 cm³/mol. The van der Waals surface area contributed by atoms with E-state index in [2.05, 4.69) is 10.1 Å². The van der Waals surface area contributed by atoms with Crippen LogP contribution < -0.4 is 4.74 Å². The highest BCUT2D eigenvalue weighted by atomic mass is 16.5. The smallest absolute Gasteiger partial charge is 0.338 e. The van der Waals surface area contributed by atoms with Crippen molar-refractivity contribution in [3.63, 3.8) is 0 Å². The number of rotatable bonds is 5. The van der Waals surface area contributed by atoms with E-state index < -0.39 is 5.97 Å². The maximum absolute atomic E-state index is 12.7. The summed E-state index contributed by atoms with van der Waals surface area (Å²) in [6.45, 7) is 4.96. The van der Waals surface area contributed by atoms with Crippen molar-refractivity contribution in [3.8, 4) is 5.88 Å². The summed E-state index contributed by atoms with van der Waals surface area (Å²) in [6, 6.07) is 5.28.